The number of nitrogens with one attached hydrogen (secondary N) is 1. The lowest BCUT2D eigenvalue weighted by molar-refractivity contribution is -0.198. The van der Waals surface area contributed by atoms with Crippen LogP contribution in [-0.2, 0) is 57.7 Å². The third-order valence-corrected chi connectivity index (χ3v) is 10.5. The number of halogens is 2. The number of hydrogen-bond donors (Lipinski definition) is 1. The Labute approximate surface area is 323 Å². The van der Waals surface area contributed by atoms with Gasteiger partial charge < -0.3 is 38.3 Å². The number of hydrogen-bond acceptors (Lipinski definition) is 11. The van der Waals surface area contributed by atoms with Crippen LogP contribution < -0.4 is 5.32 Å². The topological polar surface area (TPSA) is 160 Å². The Balaban J connectivity index is 1.27. The second-order valence-corrected chi connectivity index (χ2v) is 15.4. The first kappa shape index (κ1) is 41.1. The summed E-state index contributed by atoms with van der Waals surface area (Å²) in [7, 11) is -1.96. The number of nitrogens with zero attached hydrogens (tertiary/aromatic N) is 1. The lowest BCUT2D eigenvalue weighted by atomic mass is 9.95. The third-order valence-electron chi connectivity index (χ3n) is 8.66. The number of benzene rings is 3. The fourth-order valence-electron chi connectivity index (χ4n) is 5.86. The second-order valence-electron chi connectivity index (χ2n) is 12.6. The zero-order valence-corrected chi connectivity index (χ0v) is 32.4. The van der Waals surface area contributed by atoms with Crippen LogP contribution in [0.3, 0.4) is 0 Å². The summed E-state index contributed by atoms with van der Waals surface area (Å²) in [5, 5.41) is 3.69. The minimum Gasteiger partial charge on any atom is -0.464 e. The maximum atomic E-state index is 13.9. The van der Waals surface area contributed by atoms with Gasteiger partial charge >= 0.3 is 5.97 Å². The van der Waals surface area contributed by atoms with Crippen molar-refractivity contribution >= 4 is 61.8 Å². The van der Waals surface area contributed by atoms with Gasteiger partial charge in [-0.1, -0.05) is 41.4 Å². The number of ether oxygens (including phenoxy) is 5. The van der Waals surface area contributed by atoms with Crippen LogP contribution in [0.2, 0.25) is 10.0 Å². The molecule has 0 aliphatic carbocycles. The number of esters is 1. The van der Waals surface area contributed by atoms with Gasteiger partial charge in [0.2, 0.25) is 6.29 Å². The third kappa shape index (κ3) is 10.8. The Morgan fingerprint density at radius 3 is 2.57 bits per heavy atom. The van der Waals surface area contributed by atoms with Gasteiger partial charge in [-0.2, -0.15) is 0 Å². The molecule has 0 bridgehead atoms. The average molecular weight is 806 g/mol. The molecule has 1 aliphatic heterocycles. The van der Waals surface area contributed by atoms with Crippen LogP contribution >= 0.6 is 23.2 Å². The molecule has 0 radical (unpaired) electrons. The molecule has 16 heteroatoms. The molecule has 1 aliphatic rings. The number of amides is 2. The van der Waals surface area contributed by atoms with Gasteiger partial charge in [0.1, 0.15) is 11.6 Å². The lowest BCUT2D eigenvalue weighted by Gasteiger charge is -2.30. The standard InChI is InChI=1S/C38H42Cl2N2O11S/c1-24(52-23-50-14-5-13-49-17-16-48-2)53-38(45)32(19-25-6-4-7-29(18-25)54(3,46)47)41-36(43)34-31(39)20-28-22-42(12-10-30(28)35(34)40)37(44)27-9-8-26-11-15-51-33(26)21-27/h4,6-9,11,15,18,20-21,24,32H,5,10,12-14,16-17,19,22-23H2,1-3H3,(H,41,43)/t24?,32-/m0/s1. The number of rotatable bonds is 18. The van der Waals surface area contributed by atoms with Crippen molar-refractivity contribution in [2.45, 2.75) is 50.0 Å². The highest BCUT2D eigenvalue weighted by molar-refractivity contribution is 7.90. The van der Waals surface area contributed by atoms with Gasteiger partial charge in [0.05, 0.1) is 46.6 Å². The molecule has 4 aromatic rings. The minimum atomic E-state index is -3.56. The van der Waals surface area contributed by atoms with Crippen LogP contribution in [0.4, 0.5) is 0 Å². The Hall–Kier alpha value is -4.02. The van der Waals surface area contributed by atoms with E-state index in [0.29, 0.717) is 73.7 Å². The van der Waals surface area contributed by atoms with E-state index in [9.17, 15) is 22.8 Å². The van der Waals surface area contributed by atoms with Gasteiger partial charge in [-0.15, -0.1) is 0 Å². The van der Waals surface area contributed by atoms with Crippen LogP contribution in [0.5, 0.6) is 0 Å². The number of sulfone groups is 1. The largest absolute Gasteiger partial charge is 0.464 e. The van der Waals surface area contributed by atoms with Crippen molar-refractivity contribution in [1.82, 2.24) is 10.2 Å². The molecule has 3 aromatic carbocycles. The van der Waals surface area contributed by atoms with E-state index in [1.807, 2.05) is 12.1 Å². The van der Waals surface area contributed by atoms with Crippen molar-refractivity contribution in [3.8, 4) is 0 Å². The van der Waals surface area contributed by atoms with E-state index in [1.54, 1.807) is 48.6 Å². The van der Waals surface area contributed by atoms with E-state index in [2.05, 4.69) is 5.32 Å². The van der Waals surface area contributed by atoms with Crippen molar-refractivity contribution in [2.24, 2.45) is 0 Å². The lowest BCUT2D eigenvalue weighted by Crippen LogP contribution is -2.45. The smallest absolute Gasteiger partial charge is 0.331 e. The molecule has 290 valence electrons. The van der Waals surface area contributed by atoms with Crippen LogP contribution in [0.25, 0.3) is 11.0 Å². The van der Waals surface area contributed by atoms with Crippen molar-refractivity contribution in [3.05, 3.63) is 98.7 Å². The Kier molecular flexibility index (Phi) is 14.5. The first-order valence-electron chi connectivity index (χ1n) is 17.2. The summed E-state index contributed by atoms with van der Waals surface area (Å²) in [5.74, 6) is -1.79. The molecule has 0 fully saturated rings. The zero-order valence-electron chi connectivity index (χ0n) is 30.1. The SMILES string of the molecule is COCCOCCCOCOC(C)OC(=O)[C@H](Cc1cccc(S(C)(=O)=O)c1)NC(=O)c1c(Cl)cc2c(c1Cl)CCN(C(=O)c1ccc3ccoc3c1)C2. The van der Waals surface area contributed by atoms with Gasteiger partial charge in [0, 0.05) is 50.4 Å². The van der Waals surface area contributed by atoms with E-state index in [0.717, 1.165) is 11.6 Å². The van der Waals surface area contributed by atoms with Crippen LogP contribution in [-0.4, -0.2) is 96.6 Å². The molecule has 2 amide bonds. The summed E-state index contributed by atoms with van der Waals surface area (Å²) in [6.07, 6.45) is 2.43. The number of furan rings is 1. The molecular formula is C38H42Cl2N2O11S. The second kappa shape index (κ2) is 19.0. The Bertz CT molecular complexity index is 2070. The Morgan fingerprint density at radius 1 is 1.00 bits per heavy atom. The normalized spacial score (nSPS) is 14.1. The zero-order chi connectivity index (χ0) is 38.8. The Morgan fingerprint density at radius 2 is 1.80 bits per heavy atom. The molecule has 2 heterocycles. The molecule has 54 heavy (non-hydrogen) atoms. The molecule has 1 N–H and O–H groups in total. The quantitative estimate of drug-likeness (QED) is 0.0756. The summed E-state index contributed by atoms with van der Waals surface area (Å²) in [5.41, 5.74) is 2.81. The molecule has 2 atom stereocenters. The maximum Gasteiger partial charge on any atom is 0.331 e. The van der Waals surface area contributed by atoms with Crippen LogP contribution in [0.15, 0.2) is 70.2 Å². The first-order chi connectivity index (χ1) is 25.8. The fraction of sp³-hybridized carbons (Fsp3) is 0.395. The fourth-order valence-corrected chi connectivity index (χ4v) is 7.31. The number of carbonyl (C=O) groups excluding carboxylic acids is 3. The predicted molar refractivity (Wildman–Crippen MR) is 200 cm³/mol. The van der Waals surface area contributed by atoms with E-state index in [1.165, 1.54) is 19.1 Å². The number of fused-ring (bicyclic) bond motifs is 2. The van der Waals surface area contributed by atoms with Crippen molar-refractivity contribution in [2.75, 3.05) is 53.1 Å². The van der Waals surface area contributed by atoms with Crippen LogP contribution in [0.1, 0.15) is 50.8 Å². The minimum absolute atomic E-state index is 0.0201. The van der Waals surface area contributed by atoms with E-state index >= 15 is 0 Å². The summed E-state index contributed by atoms with van der Waals surface area (Å²) in [4.78, 5) is 42.5. The van der Waals surface area contributed by atoms with E-state index in [4.69, 9.17) is 51.3 Å². The van der Waals surface area contributed by atoms with E-state index in [-0.39, 0.29) is 46.2 Å². The summed E-state index contributed by atoms with van der Waals surface area (Å²) < 4.78 is 56.7. The molecule has 13 nitrogen and oxygen atoms in total. The average Bonchev–Trinajstić information content (AvgIpc) is 3.61. The van der Waals surface area contributed by atoms with Gasteiger partial charge in [-0.25, -0.2) is 13.2 Å². The molecule has 0 saturated carbocycles. The molecule has 0 spiro atoms. The molecule has 1 unspecified atom stereocenters. The highest BCUT2D eigenvalue weighted by Crippen LogP contribution is 2.35. The first-order valence-corrected chi connectivity index (χ1v) is 19.8. The van der Waals surface area contributed by atoms with Crippen molar-refractivity contribution in [3.63, 3.8) is 0 Å². The van der Waals surface area contributed by atoms with E-state index < -0.39 is 34.0 Å². The highest BCUT2D eigenvalue weighted by Gasteiger charge is 2.31. The summed E-state index contributed by atoms with van der Waals surface area (Å²) in [6, 6.07) is 13.4. The predicted octanol–water partition coefficient (Wildman–Crippen LogP) is 5.62. The van der Waals surface area contributed by atoms with Crippen molar-refractivity contribution in [1.29, 1.82) is 0 Å². The van der Waals surface area contributed by atoms with Gasteiger partial charge in [0.15, 0.2) is 16.6 Å². The van der Waals surface area contributed by atoms with Gasteiger partial charge in [-0.3, -0.25) is 9.59 Å². The monoisotopic (exact) mass is 804 g/mol. The molecule has 1 aromatic heterocycles. The molecular weight excluding hydrogens is 763 g/mol. The molecule has 5 rings (SSSR count). The number of methoxy groups -OCH3 is 1. The van der Waals surface area contributed by atoms with Gasteiger partial charge in [0.25, 0.3) is 11.8 Å². The maximum absolute atomic E-state index is 13.9. The number of carbonyl (C=O) groups is 3. The summed E-state index contributed by atoms with van der Waals surface area (Å²) in [6.45, 7) is 3.69. The van der Waals surface area contributed by atoms with Crippen LogP contribution in [0, 0.1) is 0 Å². The summed E-state index contributed by atoms with van der Waals surface area (Å²) >= 11 is 13.5. The van der Waals surface area contributed by atoms with Gasteiger partial charge in [-0.05, 0) is 72.9 Å². The van der Waals surface area contributed by atoms with Crippen molar-refractivity contribution < 1.29 is 50.9 Å². The highest BCUT2D eigenvalue weighted by atomic mass is 35.5. The molecule has 0 saturated heterocycles.